The van der Waals surface area contributed by atoms with Gasteiger partial charge in [0.25, 0.3) is 0 Å². The number of halogens is 2. The maximum Gasteiger partial charge on any atom is 0.166 e. The molecule has 0 saturated carbocycles. The van der Waals surface area contributed by atoms with Crippen LogP contribution >= 0.6 is 11.6 Å². The molecule has 1 aromatic rings. The van der Waals surface area contributed by atoms with E-state index < -0.39 is 11.4 Å². The van der Waals surface area contributed by atoms with Crippen LogP contribution in [0.15, 0.2) is 12.4 Å². The van der Waals surface area contributed by atoms with Gasteiger partial charge in [0.05, 0.1) is 22.5 Å². The lowest BCUT2D eigenvalue weighted by molar-refractivity contribution is -0.0658. The van der Waals surface area contributed by atoms with E-state index >= 15 is 0 Å². The van der Waals surface area contributed by atoms with Crippen LogP contribution in [0.3, 0.4) is 0 Å². The number of rotatable bonds is 4. The summed E-state index contributed by atoms with van der Waals surface area (Å²) in [7, 11) is 0. The quantitative estimate of drug-likeness (QED) is 0.884. The van der Waals surface area contributed by atoms with Gasteiger partial charge >= 0.3 is 0 Å². The number of nitrogens with zero attached hydrogens (tertiary/aromatic N) is 1. The standard InChI is InChI=1S/C12H16ClFN2O2/c13-9-7-15-8-10(14)11(9)16-4-1-12(17)2-5-18-6-3-12/h7-8,17H,1-6H2,(H,15,16). The highest BCUT2D eigenvalue weighted by Crippen LogP contribution is 2.26. The monoisotopic (exact) mass is 274 g/mol. The van der Waals surface area contributed by atoms with Gasteiger partial charge in [0.2, 0.25) is 0 Å². The van der Waals surface area contributed by atoms with Crippen molar-refractivity contribution >= 4 is 17.3 Å². The van der Waals surface area contributed by atoms with Crippen molar-refractivity contribution in [2.24, 2.45) is 0 Å². The second kappa shape index (κ2) is 5.82. The van der Waals surface area contributed by atoms with Crippen LogP contribution in [0.25, 0.3) is 0 Å². The summed E-state index contributed by atoms with van der Waals surface area (Å²) in [5.74, 6) is -0.485. The molecule has 4 nitrogen and oxygen atoms in total. The number of hydrogen-bond donors (Lipinski definition) is 2. The van der Waals surface area contributed by atoms with Gasteiger partial charge in [-0.1, -0.05) is 11.6 Å². The van der Waals surface area contributed by atoms with Crippen LogP contribution in [0.4, 0.5) is 10.1 Å². The van der Waals surface area contributed by atoms with Crippen molar-refractivity contribution in [2.75, 3.05) is 25.1 Å². The number of aliphatic hydroxyl groups is 1. The first-order chi connectivity index (χ1) is 8.61. The third kappa shape index (κ3) is 3.31. The lowest BCUT2D eigenvalue weighted by Crippen LogP contribution is -2.37. The first-order valence-electron chi connectivity index (χ1n) is 5.94. The Morgan fingerprint density at radius 2 is 2.17 bits per heavy atom. The van der Waals surface area contributed by atoms with Crippen LogP contribution in [-0.4, -0.2) is 35.5 Å². The van der Waals surface area contributed by atoms with Gasteiger partial charge in [-0.3, -0.25) is 4.98 Å². The normalized spacial score (nSPS) is 18.6. The van der Waals surface area contributed by atoms with E-state index in [2.05, 4.69) is 10.3 Å². The van der Waals surface area contributed by atoms with Crippen molar-refractivity contribution in [3.8, 4) is 0 Å². The second-order valence-corrected chi connectivity index (χ2v) is 4.90. The summed E-state index contributed by atoms with van der Waals surface area (Å²) >= 11 is 5.84. The van der Waals surface area contributed by atoms with Gasteiger partial charge in [0.15, 0.2) is 5.82 Å². The Morgan fingerprint density at radius 3 is 2.83 bits per heavy atom. The fourth-order valence-electron chi connectivity index (χ4n) is 2.00. The molecule has 0 spiro atoms. The average Bonchev–Trinajstić information content (AvgIpc) is 2.34. The fourth-order valence-corrected chi connectivity index (χ4v) is 2.22. The molecule has 0 unspecified atom stereocenters. The van der Waals surface area contributed by atoms with Crippen LogP contribution in [0.2, 0.25) is 5.02 Å². The summed E-state index contributed by atoms with van der Waals surface area (Å²) in [6, 6.07) is 0. The fraction of sp³-hybridized carbons (Fsp3) is 0.583. The van der Waals surface area contributed by atoms with Gasteiger partial charge in [-0.2, -0.15) is 0 Å². The third-order valence-corrected chi connectivity index (χ3v) is 3.46. The number of anilines is 1. The SMILES string of the molecule is OC1(CCNc2c(F)cncc2Cl)CCOCC1. The van der Waals surface area contributed by atoms with E-state index in [9.17, 15) is 9.50 Å². The molecule has 0 radical (unpaired) electrons. The summed E-state index contributed by atoms with van der Waals surface area (Å²) in [5.41, 5.74) is -0.483. The van der Waals surface area contributed by atoms with Crippen LogP contribution < -0.4 is 5.32 Å². The molecule has 1 saturated heterocycles. The van der Waals surface area contributed by atoms with Gasteiger partial charge in [0.1, 0.15) is 0 Å². The van der Waals surface area contributed by atoms with E-state index in [4.69, 9.17) is 16.3 Å². The van der Waals surface area contributed by atoms with Crippen LogP contribution in [0, 0.1) is 5.82 Å². The lowest BCUT2D eigenvalue weighted by Gasteiger charge is -2.32. The molecule has 0 bridgehead atoms. The maximum absolute atomic E-state index is 13.4. The zero-order valence-electron chi connectivity index (χ0n) is 9.96. The van der Waals surface area contributed by atoms with E-state index in [1.165, 1.54) is 6.20 Å². The molecule has 100 valence electrons. The Balaban J connectivity index is 1.88. The minimum absolute atomic E-state index is 0.238. The highest BCUT2D eigenvalue weighted by molar-refractivity contribution is 6.33. The molecule has 2 rings (SSSR count). The minimum Gasteiger partial charge on any atom is -0.390 e. The van der Waals surface area contributed by atoms with Crippen molar-refractivity contribution < 1.29 is 14.2 Å². The molecule has 0 atom stereocenters. The molecular weight excluding hydrogens is 259 g/mol. The summed E-state index contributed by atoms with van der Waals surface area (Å²) in [6.07, 6.45) is 4.25. The number of pyridine rings is 1. The second-order valence-electron chi connectivity index (χ2n) is 4.49. The van der Waals surface area contributed by atoms with Crippen molar-refractivity contribution in [1.29, 1.82) is 0 Å². The summed E-state index contributed by atoms with van der Waals surface area (Å²) in [5, 5.41) is 13.4. The summed E-state index contributed by atoms with van der Waals surface area (Å²) in [6.45, 7) is 1.60. The smallest absolute Gasteiger partial charge is 0.166 e. The molecule has 2 N–H and O–H groups in total. The van der Waals surface area contributed by atoms with Crippen molar-refractivity contribution in [3.63, 3.8) is 0 Å². The van der Waals surface area contributed by atoms with Crippen molar-refractivity contribution in [1.82, 2.24) is 4.98 Å². The van der Waals surface area contributed by atoms with Crippen LogP contribution in [-0.2, 0) is 4.74 Å². The van der Waals surface area contributed by atoms with E-state index in [-0.39, 0.29) is 10.7 Å². The van der Waals surface area contributed by atoms with Gasteiger partial charge in [-0.05, 0) is 19.3 Å². The third-order valence-electron chi connectivity index (χ3n) is 3.17. The van der Waals surface area contributed by atoms with Crippen LogP contribution in [0.1, 0.15) is 19.3 Å². The summed E-state index contributed by atoms with van der Waals surface area (Å²) < 4.78 is 18.6. The zero-order chi connectivity index (χ0) is 13.0. The number of nitrogens with one attached hydrogen (secondary N) is 1. The number of ether oxygens (including phenoxy) is 1. The van der Waals surface area contributed by atoms with Crippen molar-refractivity contribution in [2.45, 2.75) is 24.9 Å². The Morgan fingerprint density at radius 1 is 1.44 bits per heavy atom. The molecule has 1 fully saturated rings. The molecule has 2 heterocycles. The summed E-state index contributed by atoms with van der Waals surface area (Å²) in [4.78, 5) is 3.64. The predicted molar refractivity (Wildman–Crippen MR) is 67.3 cm³/mol. The highest BCUT2D eigenvalue weighted by atomic mass is 35.5. The Bertz CT molecular complexity index is 391. The van der Waals surface area contributed by atoms with Gasteiger partial charge in [-0.25, -0.2) is 4.39 Å². The number of hydrogen-bond acceptors (Lipinski definition) is 4. The van der Waals surface area contributed by atoms with Crippen molar-refractivity contribution in [3.05, 3.63) is 23.2 Å². The topological polar surface area (TPSA) is 54.4 Å². The predicted octanol–water partition coefficient (Wildman–Crippen LogP) is 2.22. The largest absolute Gasteiger partial charge is 0.390 e. The molecule has 0 aromatic carbocycles. The minimum atomic E-state index is -0.721. The molecule has 1 aliphatic heterocycles. The first-order valence-corrected chi connectivity index (χ1v) is 6.31. The van der Waals surface area contributed by atoms with E-state index in [0.29, 0.717) is 39.0 Å². The van der Waals surface area contributed by atoms with Gasteiger partial charge in [-0.15, -0.1) is 0 Å². The maximum atomic E-state index is 13.4. The van der Waals surface area contributed by atoms with Gasteiger partial charge < -0.3 is 15.2 Å². The average molecular weight is 275 g/mol. The molecule has 18 heavy (non-hydrogen) atoms. The van der Waals surface area contributed by atoms with E-state index in [1.54, 1.807) is 0 Å². The molecule has 1 aliphatic rings. The lowest BCUT2D eigenvalue weighted by atomic mass is 9.91. The molecule has 6 heteroatoms. The molecular formula is C12H16ClFN2O2. The van der Waals surface area contributed by atoms with Gasteiger partial charge in [0, 0.05) is 26.0 Å². The zero-order valence-corrected chi connectivity index (χ0v) is 10.7. The molecule has 1 aromatic heterocycles. The number of aromatic nitrogens is 1. The van der Waals surface area contributed by atoms with E-state index in [0.717, 1.165) is 6.20 Å². The molecule has 0 aliphatic carbocycles. The van der Waals surface area contributed by atoms with Crippen LogP contribution in [0.5, 0.6) is 0 Å². The first kappa shape index (κ1) is 13.5. The van der Waals surface area contributed by atoms with E-state index in [1.807, 2.05) is 0 Å². The Labute approximate surface area is 110 Å². The Kier molecular flexibility index (Phi) is 4.37. The molecule has 0 amide bonds. The highest BCUT2D eigenvalue weighted by Gasteiger charge is 2.29. The Hall–Kier alpha value is -0.910.